The molecule has 0 aliphatic rings. The van der Waals surface area contributed by atoms with Gasteiger partial charge in [0, 0.05) is 99.6 Å². The van der Waals surface area contributed by atoms with E-state index in [1.807, 2.05) is 325 Å². The molecule has 0 spiro atoms. The Bertz CT molecular complexity index is 7220. The fourth-order valence-corrected chi connectivity index (χ4v) is 16.2. The maximum absolute atomic E-state index is 15.5. The Morgan fingerprint density at radius 2 is 0.460 bits per heavy atom. The van der Waals surface area contributed by atoms with Crippen LogP contribution in [0.1, 0.15) is 16.7 Å². The molecule has 0 aliphatic carbocycles. The van der Waals surface area contributed by atoms with Crippen molar-refractivity contribution in [3.8, 4) is 176 Å². The molecule has 15 nitrogen and oxygen atoms in total. The molecule has 0 saturated carbocycles. The van der Waals surface area contributed by atoms with Crippen LogP contribution in [-0.2, 0) is 12.4 Å². The number of hydrogen-bond donors (Lipinski definition) is 0. The molecule has 21 heteroatoms. The Morgan fingerprint density at radius 3 is 0.714 bits per heavy atom. The van der Waals surface area contributed by atoms with Gasteiger partial charge in [-0.15, -0.1) is 0 Å². The van der Waals surface area contributed by atoms with E-state index in [1.54, 1.807) is 36.4 Å². The van der Waals surface area contributed by atoms with Crippen molar-refractivity contribution in [2.75, 3.05) is 0 Å². The Morgan fingerprint density at radius 1 is 0.206 bits per heavy atom. The molecule has 0 fully saturated rings. The zero-order chi connectivity index (χ0) is 85.2. The van der Waals surface area contributed by atoms with Gasteiger partial charge in [-0.1, -0.05) is 249 Å². The van der Waals surface area contributed by atoms with E-state index in [4.69, 9.17) is 59.8 Å². The maximum atomic E-state index is 15.5. The smallest absolute Gasteiger partial charge is 0.309 e. The van der Waals surface area contributed by atoms with Gasteiger partial charge in [-0.05, 0) is 138 Å². The summed E-state index contributed by atoms with van der Waals surface area (Å²) in [6.45, 7) is 0. The van der Waals surface area contributed by atoms with Crippen molar-refractivity contribution < 1.29 is 26.3 Å². The Balaban J connectivity index is 0.826. The molecule has 0 bridgehead atoms. The molecular formula is C105H61F6N15. The second-order valence-electron chi connectivity index (χ2n) is 30.1. The fraction of sp³-hybridized carbons (Fsp3) is 0.0190. The van der Waals surface area contributed by atoms with Crippen LogP contribution in [0.5, 0.6) is 0 Å². The van der Waals surface area contributed by atoms with Gasteiger partial charge in [-0.2, -0.15) is 31.6 Å². The van der Waals surface area contributed by atoms with E-state index in [-0.39, 0.29) is 28.3 Å². The Kier molecular flexibility index (Phi) is 19.1. The third-order valence-electron chi connectivity index (χ3n) is 22.2. The third kappa shape index (κ3) is 14.6. The molecule has 598 valence electrons. The van der Waals surface area contributed by atoms with Crippen LogP contribution in [0, 0.1) is 11.3 Å². The molecule has 0 atom stereocenters. The first-order chi connectivity index (χ1) is 61.6. The molecule has 0 amide bonds. The lowest BCUT2D eigenvalue weighted by Gasteiger charge is -2.21. The van der Waals surface area contributed by atoms with E-state index >= 15 is 26.3 Å². The van der Waals surface area contributed by atoms with Gasteiger partial charge in [-0.25, -0.2) is 59.8 Å². The molecule has 15 aromatic carbocycles. The van der Waals surface area contributed by atoms with Crippen molar-refractivity contribution in [3.05, 3.63) is 387 Å². The zero-order valence-electron chi connectivity index (χ0n) is 66.2. The molecular weight excluding hydrogens is 1590 g/mol. The van der Waals surface area contributed by atoms with Crippen LogP contribution in [0.15, 0.2) is 370 Å². The first-order valence-electron chi connectivity index (χ1n) is 40.3. The van der Waals surface area contributed by atoms with Crippen molar-refractivity contribution >= 4 is 43.6 Å². The van der Waals surface area contributed by atoms with Gasteiger partial charge in [0.25, 0.3) is 0 Å². The molecule has 126 heavy (non-hydrogen) atoms. The minimum Gasteiger partial charge on any atom is -0.309 e. The molecule has 0 aliphatic heterocycles. The maximum Gasteiger partial charge on any atom is 0.416 e. The van der Waals surface area contributed by atoms with Gasteiger partial charge in [0.1, 0.15) is 0 Å². The Hall–Kier alpha value is -17.0. The highest BCUT2D eigenvalue weighted by atomic mass is 19.4. The number of aromatic nitrogens is 14. The monoisotopic (exact) mass is 1650 g/mol. The SMILES string of the molecule is N#Cc1ccc(-n2c3ccc(-c4nc(-c5ccccc5)nc(-c5ccccc5)n4)cc3c3cc(-c4nc(-c5ccccc5)nc(-c5ccccc5)n4)ccc32)c(-c2cc(-n3c4ccc(-c5nc(-c6ccccc6)nc(-c6ccccc6)n5)cc4c4cc(-c5nc(-c6ccccc6)nc(-c6ccccc6)n5)ccc43)ccc2-c2cc(C(F)(F)F)cc(C(F)(F)F)c2)c1. The summed E-state index contributed by atoms with van der Waals surface area (Å²) in [6.07, 6.45) is -10.5. The minimum atomic E-state index is -5.24. The van der Waals surface area contributed by atoms with Crippen molar-refractivity contribution in [2.24, 2.45) is 0 Å². The fourth-order valence-electron chi connectivity index (χ4n) is 16.2. The van der Waals surface area contributed by atoms with Gasteiger partial charge in [-0.3, -0.25) is 0 Å². The van der Waals surface area contributed by atoms with E-state index in [9.17, 15) is 5.26 Å². The summed E-state index contributed by atoms with van der Waals surface area (Å²) in [5.41, 5.74) is 8.65. The van der Waals surface area contributed by atoms with Crippen LogP contribution in [0.2, 0.25) is 0 Å². The van der Waals surface area contributed by atoms with Gasteiger partial charge in [0.15, 0.2) is 69.9 Å². The lowest BCUT2D eigenvalue weighted by Crippen LogP contribution is -2.11. The summed E-state index contributed by atoms with van der Waals surface area (Å²) >= 11 is 0. The van der Waals surface area contributed by atoms with Crippen LogP contribution in [0.4, 0.5) is 26.3 Å². The van der Waals surface area contributed by atoms with Crippen molar-refractivity contribution in [1.29, 1.82) is 5.26 Å². The minimum absolute atomic E-state index is 0.0320. The quantitative estimate of drug-likeness (QED) is 0.0832. The molecule has 6 aromatic heterocycles. The van der Waals surface area contributed by atoms with Crippen molar-refractivity contribution in [3.63, 3.8) is 0 Å². The van der Waals surface area contributed by atoms with E-state index < -0.39 is 29.0 Å². The number of rotatable bonds is 16. The molecule has 0 radical (unpaired) electrons. The first-order valence-corrected chi connectivity index (χ1v) is 40.3. The first kappa shape index (κ1) is 76.4. The summed E-state index contributed by atoms with van der Waals surface area (Å²) in [4.78, 5) is 61.3. The molecule has 0 saturated heterocycles. The summed E-state index contributed by atoms with van der Waals surface area (Å²) in [6, 6.07) is 114. The van der Waals surface area contributed by atoms with Gasteiger partial charge >= 0.3 is 12.4 Å². The molecule has 0 unspecified atom stereocenters. The van der Waals surface area contributed by atoms with E-state index in [0.29, 0.717) is 147 Å². The summed E-state index contributed by atoms with van der Waals surface area (Å²) in [7, 11) is 0. The highest BCUT2D eigenvalue weighted by Gasteiger charge is 2.38. The van der Waals surface area contributed by atoms with Gasteiger partial charge in [0.2, 0.25) is 0 Å². The van der Waals surface area contributed by atoms with Crippen LogP contribution in [0.25, 0.3) is 214 Å². The number of alkyl halides is 6. The second-order valence-corrected chi connectivity index (χ2v) is 30.1. The van der Waals surface area contributed by atoms with Gasteiger partial charge in [0.05, 0.1) is 50.5 Å². The summed E-state index contributed by atoms with van der Waals surface area (Å²) < 4.78 is 97.2. The number of halogens is 6. The number of benzene rings is 15. The van der Waals surface area contributed by atoms with E-state index in [1.165, 1.54) is 0 Å². The van der Waals surface area contributed by atoms with Crippen molar-refractivity contribution in [2.45, 2.75) is 12.4 Å². The number of hydrogen-bond acceptors (Lipinski definition) is 13. The molecule has 21 rings (SSSR count). The normalized spacial score (nSPS) is 11.7. The summed E-state index contributed by atoms with van der Waals surface area (Å²) in [5, 5.41) is 13.9. The van der Waals surface area contributed by atoms with Crippen LogP contribution >= 0.6 is 0 Å². The summed E-state index contributed by atoms with van der Waals surface area (Å²) in [5.74, 6) is 4.80. The predicted octanol–water partition coefficient (Wildman–Crippen LogP) is 25.9. The highest BCUT2D eigenvalue weighted by Crippen LogP contribution is 2.48. The number of fused-ring (bicyclic) bond motifs is 6. The van der Waals surface area contributed by atoms with E-state index in [0.717, 1.165) is 56.6 Å². The van der Waals surface area contributed by atoms with Crippen molar-refractivity contribution in [1.82, 2.24) is 68.9 Å². The van der Waals surface area contributed by atoms with E-state index in [2.05, 4.69) is 6.07 Å². The predicted molar refractivity (Wildman–Crippen MR) is 479 cm³/mol. The van der Waals surface area contributed by atoms with Gasteiger partial charge < -0.3 is 9.13 Å². The molecule has 6 heterocycles. The molecule has 21 aromatic rings. The zero-order valence-corrected chi connectivity index (χ0v) is 66.2. The topological polar surface area (TPSA) is 188 Å². The average Bonchev–Trinajstić information content (AvgIpc) is 1.60. The standard InChI is InChI=1S/C105H61F6N15/c106-104(107,108)77-54-76(55-78(60-77)105(109,110)111)80-47-46-79(125-87-49-42-72(100-117-92(64-25-9-1-10-26-64)113-93(118-100)65-27-11-2-12-28-65)56-83(87)84-57-73(43-50-88(84)125)101-119-94(66-29-13-3-14-30-66)114-95(120-101)67-31-15-4-16-32-67)61-81(80)82-53-63(62-112)41-48-89(82)126-90-51-44-74(102-121-96(68-33-17-5-18-34-68)115-97(122-102)69-35-19-6-20-36-69)58-85(90)86-59-75(45-52-91(86)126)103-123-98(70-37-21-7-22-38-70)116-99(124-103)71-39-23-8-24-40-71/h1-61H. The second kappa shape index (κ2) is 31.5. The molecule has 0 N–H and O–H groups in total. The lowest BCUT2D eigenvalue weighted by atomic mass is 9.90. The third-order valence-corrected chi connectivity index (χ3v) is 22.2. The lowest BCUT2D eigenvalue weighted by molar-refractivity contribution is -0.143. The Labute approximate surface area is 715 Å². The number of nitriles is 1. The van der Waals surface area contributed by atoms with Crippen LogP contribution in [0.3, 0.4) is 0 Å². The highest BCUT2D eigenvalue weighted by molar-refractivity contribution is 6.14. The average molecular weight is 1650 g/mol. The van der Waals surface area contributed by atoms with Crippen LogP contribution in [-0.4, -0.2) is 68.9 Å². The number of nitrogens with zero attached hydrogens (tertiary/aromatic N) is 15. The largest absolute Gasteiger partial charge is 0.416 e. The van der Waals surface area contributed by atoms with Crippen LogP contribution < -0.4 is 0 Å².